The third kappa shape index (κ3) is 4.52. The van der Waals surface area contributed by atoms with E-state index in [9.17, 15) is 14.4 Å². The Morgan fingerprint density at radius 1 is 1.32 bits per heavy atom. The first-order valence-electron chi connectivity index (χ1n) is 12.1. The fourth-order valence-corrected chi connectivity index (χ4v) is 7.87. The van der Waals surface area contributed by atoms with Crippen LogP contribution in [0.15, 0.2) is 24.3 Å². The molecule has 0 radical (unpaired) electrons. The zero-order valence-electron chi connectivity index (χ0n) is 20.4. The average Bonchev–Trinajstić information content (AvgIpc) is 3.01. The fourth-order valence-electron chi connectivity index (χ4n) is 5.81. The second kappa shape index (κ2) is 9.77. The van der Waals surface area contributed by atoms with Crippen LogP contribution in [-0.2, 0) is 14.4 Å². The van der Waals surface area contributed by atoms with Crippen molar-refractivity contribution in [3.05, 3.63) is 29.8 Å². The van der Waals surface area contributed by atoms with Gasteiger partial charge in [-0.25, -0.2) is 0 Å². The van der Waals surface area contributed by atoms with Gasteiger partial charge in [-0.1, -0.05) is 39.0 Å². The summed E-state index contributed by atoms with van der Waals surface area (Å²) in [5.41, 5.74) is 6.51. The predicted octanol–water partition coefficient (Wildman–Crippen LogP) is 1.98. The third-order valence-corrected chi connectivity index (χ3v) is 9.07. The van der Waals surface area contributed by atoms with Crippen LogP contribution in [0.2, 0.25) is 0 Å². The summed E-state index contributed by atoms with van der Waals surface area (Å²) in [5.74, 6) is 0.156. The van der Waals surface area contributed by atoms with Crippen LogP contribution < -0.4 is 21.1 Å². The normalized spacial score (nSPS) is 31.0. The van der Waals surface area contributed by atoms with E-state index >= 15 is 0 Å². The van der Waals surface area contributed by atoms with Crippen LogP contribution in [0.5, 0.6) is 5.75 Å². The zero-order valence-corrected chi connectivity index (χ0v) is 21.2. The van der Waals surface area contributed by atoms with E-state index in [1.165, 1.54) is 0 Å². The van der Waals surface area contributed by atoms with Crippen molar-refractivity contribution >= 4 is 29.5 Å². The van der Waals surface area contributed by atoms with Crippen LogP contribution in [0.1, 0.15) is 57.9 Å². The molecular weight excluding hydrogens is 452 g/mol. The smallest absolute Gasteiger partial charge is 0.246 e. The minimum Gasteiger partial charge on any atom is -0.493 e. The van der Waals surface area contributed by atoms with Gasteiger partial charge in [-0.3, -0.25) is 14.4 Å². The van der Waals surface area contributed by atoms with Gasteiger partial charge in [-0.05, 0) is 49.8 Å². The van der Waals surface area contributed by atoms with Crippen LogP contribution in [0.3, 0.4) is 0 Å². The highest BCUT2D eigenvalue weighted by atomic mass is 32.2. The van der Waals surface area contributed by atoms with E-state index in [-0.39, 0.29) is 34.4 Å². The fraction of sp³-hybridized carbons (Fsp3) is 0.640. The Morgan fingerprint density at radius 2 is 2.06 bits per heavy atom. The molecule has 34 heavy (non-hydrogen) atoms. The van der Waals surface area contributed by atoms with Gasteiger partial charge >= 0.3 is 0 Å². The molecule has 3 amide bonds. The van der Waals surface area contributed by atoms with Crippen LogP contribution in [0.25, 0.3) is 0 Å². The number of rotatable bonds is 6. The molecule has 0 spiro atoms. The second-order valence-corrected chi connectivity index (χ2v) is 11.6. The number of benzene rings is 1. The summed E-state index contributed by atoms with van der Waals surface area (Å²) >= 11 is 1.75. The van der Waals surface area contributed by atoms with Gasteiger partial charge < -0.3 is 26.0 Å². The van der Waals surface area contributed by atoms with E-state index in [4.69, 9.17) is 10.5 Å². The van der Waals surface area contributed by atoms with Gasteiger partial charge in [0.2, 0.25) is 17.7 Å². The SMILES string of the molecule is CC[C@H](NC)C(=O)NC1CC([C@@H]2CCOc3ccccc32)SC2CC(C)(C)C(C(N)=O)N2C1=O. The molecule has 4 unspecified atom stereocenters. The molecule has 2 saturated heterocycles. The lowest BCUT2D eigenvalue weighted by Crippen LogP contribution is -2.57. The van der Waals surface area contributed by atoms with E-state index in [1.54, 1.807) is 23.7 Å². The van der Waals surface area contributed by atoms with Crippen molar-refractivity contribution in [2.24, 2.45) is 11.1 Å². The Balaban J connectivity index is 1.71. The van der Waals surface area contributed by atoms with Gasteiger partial charge in [0.05, 0.1) is 18.0 Å². The Morgan fingerprint density at radius 3 is 2.74 bits per heavy atom. The molecule has 8 nitrogen and oxygen atoms in total. The molecule has 0 aromatic heterocycles. The van der Waals surface area contributed by atoms with E-state index in [2.05, 4.69) is 16.7 Å². The molecule has 9 heteroatoms. The van der Waals surface area contributed by atoms with Crippen LogP contribution in [0.4, 0.5) is 0 Å². The molecule has 3 heterocycles. The average molecular weight is 489 g/mol. The number of fused-ring (bicyclic) bond motifs is 2. The molecule has 0 bridgehead atoms. The first kappa shape index (κ1) is 24.9. The first-order chi connectivity index (χ1) is 16.2. The van der Waals surface area contributed by atoms with Crippen molar-refractivity contribution in [1.29, 1.82) is 0 Å². The molecule has 1 aromatic rings. The van der Waals surface area contributed by atoms with Crippen LogP contribution >= 0.6 is 11.8 Å². The Labute approximate surface area is 205 Å². The van der Waals surface area contributed by atoms with E-state index in [1.807, 2.05) is 39.0 Å². The molecule has 6 atom stereocenters. The highest BCUT2D eigenvalue weighted by Crippen LogP contribution is 2.51. The Bertz CT molecular complexity index is 951. The molecule has 4 N–H and O–H groups in total. The van der Waals surface area contributed by atoms with Gasteiger partial charge in [0.15, 0.2) is 0 Å². The van der Waals surface area contributed by atoms with Crippen LogP contribution in [0, 0.1) is 5.41 Å². The minimum atomic E-state index is -0.719. The Hall–Kier alpha value is -2.26. The molecule has 0 aliphatic carbocycles. The van der Waals surface area contributed by atoms with Crippen molar-refractivity contribution in [3.8, 4) is 5.75 Å². The topological polar surface area (TPSA) is 114 Å². The third-order valence-electron chi connectivity index (χ3n) is 7.49. The summed E-state index contributed by atoms with van der Waals surface area (Å²) in [5, 5.41) is 5.93. The Kier molecular flexibility index (Phi) is 7.14. The predicted molar refractivity (Wildman–Crippen MR) is 132 cm³/mol. The number of hydrogen-bond acceptors (Lipinski definition) is 6. The number of nitrogens with zero attached hydrogens (tertiary/aromatic N) is 1. The monoisotopic (exact) mass is 488 g/mol. The second-order valence-electron chi connectivity index (χ2n) is 10.2. The number of primary amides is 1. The number of nitrogens with one attached hydrogen (secondary N) is 2. The molecule has 2 fully saturated rings. The summed E-state index contributed by atoms with van der Waals surface area (Å²) < 4.78 is 5.89. The van der Waals surface area contributed by atoms with Gasteiger partial charge in [-0.15, -0.1) is 11.8 Å². The minimum absolute atomic E-state index is 0.0754. The lowest BCUT2D eigenvalue weighted by atomic mass is 9.84. The number of likely N-dealkylation sites (N-methyl/N-ethyl adjacent to an activating group) is 1. The number of thioether (sulfide) groups is 1. The molecule has 4 rings (SSSR count). The number of carbonyl (C=O) groups excluding carboxylic acids is 3. The number of amides is 3. The van der Waals surface area contributed by atoms with Gasteiger partial charge in [0.1, 0.15) is 17.8 Å². The summed E-state index contributed by atoms with van der Waals surface area (Å²) in [7, 11) is 1.74. The maximum Gasteiger partial charge on any atom is 0.246 e. The standard InChI is InChI=1S/C25H36N4O4S/c1-5-16(27-4)23(31)28-17-12-19(15-10-11-33-18-9-7-6-8-14(15)18)34-20-13-25(2,3)21(22(26)30)29(20)24(17)32/h6-9,15-17,19-21,27H,5,10-13H2,1-4H3,(H2,26,30)(H,28,31)/t15-,16+,17?,19?,20?,21?/m1/s1. The van der Waals surface area contributed by atoms with E-state index < -0.39 is 23.4 Å². The molecule has 3 aliphatic rings. The van der Waals surface area contributed by atoms with Crippen LogP contribution in [-0.4, -0.2) is 65.0 Å². The lowest BCUT2D eigenvalue weighted by molar-refractivity contribution is -0.142. The number of hydrogen-bond donors (Lipinski definition) is 3. The first-order valence-corrected chi connectivity index (χ1v) is 13.1. The van der Waals surface area contributed by atoms with Gasteiger partial charge in [0.25, 0.3) is 0 Å². The number of ether oxygens (including phenoxy) is 1. The molecule has 1 aromatic carbocycles. The van der Waals surface area contributed by atoms with Gasteiger partial charge in [-0.2, -0.15) is 0 Å². The summed E-state index contributed by atoms with van der Waals surface area (Å²) in [4.78, 5) is 41.0. The highest BCUT2D eigenvalue weighted by Gasteiger charge is 2.55. The maximum atomic E-state index is 13.9. The van der Waals surface area contributed by atoms with E-state index in [0.29, 0.717) is 25.9 Å². The van der Waals surface area contributed by atoms with Crippen molar-refractivity contribution < 1.29 is 19.1 Å². The molecule has 186 valence electrons. The summed E-state index contributed by atoms with van der Waals surface area (Å²) in [6, 6.07) is 6.25. The van der Waals surface area contributed by atoms with Crippen molar-refractivity contribution in [3.63, 3.8) is 0 Å². The lowest BCUT2D eigenvalue weighted by Gasteiger charge is -2.33. The van der Waals surface area contributed by atoms with Crippen molar-refractivity contribution in [1.82, 2.24) is 15.5 Å². The van der Waals surface area contributed by atoms with Gasteiger partial charge in [0, 0.05) is 11.2 Å². The van der Waals surface area contributed by atoms with Crippen molar-refractivity contribution in [2.75, 3.05) is 13.7 Å². The summed E-state index contributed by atoms with van der Waals surface area (Å²) in [6.07, 6.45) is 2.62. The zero-order chi connectivity index (χ0) is 24.6. The molecule has 0 saturated carbocycles. The van der Waals surface area contributed by atoms with E-state index in [0.717, 1.165) is 17.7 Å². The maximum absolute atomic E-state index is 13.9. The summed E-state index contributed by atoms with van der Waals surface area (Å²) in [6.45, 7) is 6.53. The molecular formula is C25H36N4O4S. The number of nitrogens with two attached hydrogens (primary N) is 1. The largest absolute Gasteiger partial charge is 0.493 e. The quantitative estimate of drug-likeness (QED) is 0.564. The van der Waals surface area contributed by atoms with Crippen molar-refractivity contribution in [2.45, 2.75) is 81.1 Å². The number of carbonyl (C=O) groups is 3. The molecule has 3 aliphatic heterocycles. The number of para-hydroxylation sites is 1. The highest BCUT2D eigenvalue weighted by molar-refractivity contribution is 8.00.